The zero-order valence-corrected chi connectivity index (χ0v) is 22.0. The molecule has 2 spiro atoms. The number of hydrogen-bond donors (Lipinski definition) is 1. The van der Waals surface area contributed by atoms with Crippen LogP contribution < -0.4 is 5.32 Å². The summed E-state index contributed by atoms with van der Waals surface area (Å²) < 4.78 is 0. The van der Waals surface area contributed by atoms with E-state index in [0.717, 1.165) is 52.7 Å². The number of fused-ring (bicyclic) bond motifs is 2. The van der Waals surface area contributed by atoms with Gasteiger partial charge in [0.1, 0.15) is 6.29 Å². The number of rotatable bonds is 2. The maximum absolute atomic E-state index is 8.81. The topological polar surface area (TPSA) is 32.3 Å². The summed E-state index contributed by atoms with van der Waals surface area (Å²) in [4.78, 5) is 11.3. The minimum absolute atomic E-state index is 0.702. The number of hydrogen-bond acceptors (Lipinski definition) is 3. The minimum Gasteiger partial charge on any atom is -0.323 e. The molecule has 0 aromatic carbocycles. The van der Waals surface area contributed by atoms with Crippen molar-refractivity contribution in [3.63, 3.8) is 0 Å². The van der Waals surface area contributed by atoms with E-state index >= 15 is 0 Å². The first-order valence-electron chi connectivity index (χ1n) is 13.4. The summed E-state index contributed by atoms with van der Waals surface area (Å²) in [6.45, 7) is 9.22. The Bertz CT molecular complexity index is 620. The van der Waals surface area contributed by atoms with Crippen molar-refractivity contribution in [1.29, 1.82) is 0 Å². The van der Waals surface area contributed by atoms with E-state index in [0.29, 0.717) is 5.41 Å². The van der Waals surface area contributed by atoms with Crippen LogP contribution in [0, 0.1) is 45.8 Å². The molecular formula is C28H52N2O. The van der Waals surface area contributed by atoms with Crippen molar-refractivity contribution in [2.75, 3.05) is 28.2 Å². The van der Waals surface area contributed by atoms with Gasteiger partial charge in [0.25, 0.3) is 0 Å². The molecule has 9 atom stereocenters. The van der Waals surface area contributed by atoms with Crippen LogP contribution in [0.15, 0.2) is 0 Å². The van der Waals surface area contributed by atoms with Crippen molar-refractivity contribution in [2.45, 2.75) is 97.9 Å². The summed E-state index contributed by atoms with van der Waals surface area (Å²) in [5, 5.41) is 2.75. The SMILES string of the molecule is CC=O.CCC1CCC2C3CCC4C(C)C(N(C)C)CCC45CC35CCC12C.CNC. The van der Waals surface area contributed by atoms with Crippen LogP contribution in [0.4, 0.5) is 0 Å². The molecule has 31 heavy (non-hydrogen) atoms. The van der Waals surface area contributed by atoms with Crippen LogP contribution >= 0.6 is 0 Å². The quantitative estimate of drug-likeness (QED) is 0.541. The number of nitrogens with zero attached hydrogens (tertiary/aromatic N) is 1. The molecule has 0 aliphatic heterocycles. The van der Waals surface area contributed by atoms with Gasteiger partial charge in [0.2, 0.25) is 0 Å². The molecule has 0 aromatic heterocycles. The number of carbonyl (C=O) groups is 1. The highest BCUT2D eigenvalue weighted by molar-refractivity contribution is 5.44. The van der Waals surface area contributed by atoms with Gasteiger partial charge >= 0.3 is 0 Å². The largest absolute Gasteiger partial charge is 0.323 e. The molecule has 0 amide bonds. The molecule has 5 aliphatic rings. The first kappa shape index (κ1) is 25.2. The molecule has 180 valence electrons. The lowest BCUT2D eigenvalue weighted by Gasteiger charge is -2.57. The number of carbonyl (C=O) groups excluding carboxylic acids is 1. The zero-order chi connectivity index (χ0) is 23.0. The Morgan fingerprint density at radius 1 is 0.935 bits per heavy atom. The molecule has 3 heteroatoms. The van der Waals surface area contributed by atoms with Crippen molar-refractivity contribution < 1.29 is 4.79 Å². The Kier molecular flexibility index (Phi) is 7.69. The van der Waals surface area contributed by atoms with Gasteiger partial charge in [-0.1, -0.05) is 27.2 Å². The van der Waals surface area contributed by atoms with Gasteiger partial charge in [0.05, 0.1) is 0 Å². The first-order valence-corrected chi connectivity index (χ1v) is 13.4. The maximum Gasteiger partial charge on any atom is 0.116 e. The lowest BCUT2D eigenvalue weighted by atomic mass is 9.48. The van der Waals surface area contributed by atoms with Gasteiger partial charge in [0.15, 0.2) is 0 Å². The summed E-state index contributed by atoms with van der Waals surface area (Å²) in [6, 6.07) is 0.842. The van der Waals surface area contributed by atoms with Crippen molar-refractivity contribution in [3.05, 3.63) is 0 Å². The molecule has 0 aromatic rings. The smallest absolute Gasteiger partial charge is 0.116 e. The predicted octanol–water partition coefficient (Wildman–Crippen LogP) is 6.03. The van der Waals surface area contributed by atoms with Crippen LogP contribution in [0.2, 0.25) is 0 Å². The van der Waals surface area contributed by atoms with Gasteiger partial charge in [-0.25, -0.2) is 0 Å². The monoisotopic (exact) mass is 432 g/mol. The zero-order valence-electron chi connectivity index (χ0n) is 22.0. The van der Waals surface area contributed by atoms with E-state index < -0.39 is 0 Å². The van der Waals surface area contributed by atoms with Crippen LogP contribution in [0.3, 0.4) is 0 Å². The lowest BCUT2D eigenvalue weighted by Crippen LogP contribution is -2.52. The molecular weight excluding hydrogens is 380 g/mol. The highest BCUT2D eigenvalue weighted by atomic mass is 16.1. The van der Waals surface area contributed by atoms with Gasteiger partial charge in [-0.15, -0.1) is 0 Å². The third-order valence-corrected chi connectivity index (χ3v) is 11.2. The van der Waals surface area contributed by atoms with Crippen LogP contribution in [-0.2, 0) is 4.79 Å². The molecule has 5 rings (SSSR count). The molecule has 9 unspecified atom stereocenters. The second-order valence-corrected chi connectivity index (χ2v) is 12.2. The summed E-state index contributed by atoms with van der Waals surface area (Å²) in [5.41, 5.74) is 2.29. The van der Waals surface area contributed by atoms with Crippen molar-refractivity contribution in [3.8, 4) is 0 Å². The third-order valence-electron chi connectivity index (χ3n) is 11.2. The molecule has 0 saturated heterocycles. The third kappa shape index (κ3) is 3.74. The molecule has 5 aliphatic carbocycles. The van der Waals surface area contributed by atoms with Gasteiger partial charge in [-0.3, -0.25) is 0 Å². The number of nitrogens with one attached hydrogen (secondary N) is 1. The molecule has 0 bridgehead atoms. The lowest BCUT2D eigenvalue weighted by molar-refractivity contribution is -0.106. The van der Waals surface area contributed by atoms with Crippen LogP contribution in [-0.4, -0.2) is 45.4 Å². The van der Waals surface area contributed by atoms with E-state index in [9.17, 15) is 0 Å². The molecule has 0 radical (unpaired) electrons. The predicted molar refractivity (Wildman–Crippen MR) is 132 cm³/mol. The maximum atomic E-state index is 8.81. The van der Waals surface area contributed by atoms with Crippen LogP contribution in [0.25, 0.3) is 0 Å². The summed E-state index contributed by atoms with van der Waals surface area (Å²) >= 11 is 0. The highest BCUT2D eigenvalue weighted by Gasteiger charge is 2.78. The Morgan fingerprint density at radius 3 is 2.06 bits per heavy atom. The molecule has 1 N–H and O–H groups in total. The van der Waals surface area contributed by atoms with E-state index in [1.165, 1.54) is 19.8 Å². The molecule has 3 nitrogen and oxygen atoms in total. The summed E-state index contributed by atoms with van der Waals surface area (Å²) in [5.74, 6) is 5.17. The second-order valence-electron chi connectivity index (χ2n) is 12.2. The fourth-order valence-electron chi connectivity index (χ4n) is 10.0. The average Bonchev–Trinajstić information content (AvgIpc) is 3.26. The highest BCUT2D eigenvalue weighted by Crippen LogP contribution is 2.85. The van der Waals surface area contributed by atoms with Gasteiger partial charge in [-0.05, 0) is 139 Å². The van der Waals surface area contributed by atoms with E-state index in [1.54, 1.807) is 51.4 Å². The van der Waals surface area contributed by atoms with E-state index in [4.69, 9.17) is 4.79 Å². The normalized spacial score (nSPS) is 49.2. The summed E-state index contributed by atoms with van der Waals surface area (Å²) in [6.07, 6.45) is 16.2. The van der Waals surface area contributed by atoms with Crippen molar-refractivity contribution in [2.24, 2.45) is 45.8 Å². The molecule has 5 fully saturated rings. The first-order chi connectivity index (χ1) is 14.7. The Labute approximate surface area is 193 Å². The average molecular weight is 433 g/mol. The Balaban J connectivity index is 0.000000411. The van der Waals surface area contributed by atoms with Crippen molar-refractivity contribution >= 4 is 6.29 Å². The fraction of sp³-hybridized carbons (Fsp3) is 0.964. The number of aldehydes is 1. The second kappa shape index (κ2) is 9.45. The van der Waals surface area contributed by atoms with Gasteiger partial charge in [0, 0.05) is 6.04 Å². The fourth-order valence-corrected chi connectivity index (χ4v) is 10.0. The van der Waals surface area contributed by atoms with Gasteiger partial charge < -0.3 is 15.0 Å². The Hall–Kier alpha value is -0.410. The van der Waals surface area contributed by atoms with E-state index in [-0.39, 0.29) is 0 Å². The van der Waals surface area contributed by atoms with Crippen LogP contribution in [0.1, 0.15) is 91.9 Å². The standard InChI is InChI=1S/C24H41N.C2H7N.C2H4O/c1-6-17-7-8-19-20-10-9-18-16(2)21(25(4)5)11-12-23(18)15-24(20,23)14-13-22(17,19)3;1-3-2;1-2-3/h16-21H,6-15H2,1-5H3;3H,1-2H3;2H,1H3. The minimum atomic E-state index is 0.702. The summed E-state index contributed by atoms with van der Waals surface area (Å²) in [7, 11) is 8.39. The van der Waals surface area contributed by atoms with E-state index in [2.05, 4.69) is 45.1 Å². The molecule has 5 saturated carbocycles. The van der Waals surface area contributed by atoms with E-state index in [1.807, 2.05) is 14.1 Å². The van der Waals surface area contributed by atoms with Crippen molar-refractivity contribution in [1.82, 2.24) is 10.2 Å². The van der Waals surface area contributed by atoms with Crippen LogP contribution in [0.5, 0.6) is 0 Å². The Morgan fingerprint density at radius 2 is 1.48 bits per heavy atom. The van der Waals surface area contributed by atoms with Gasteiger partial charge in [-0.2, -0.15) is 0 Å². The molecule has 0 heterocycles.